The molecule has 0 atom stereocenters. The normalized spacial score (nSPS) is 11.7. The summed E-state index contributed by atoms with van der Waals surface area (Å²) < 4.78 is 58.9. The van der Waals surface area contributed by atoms with Gasteiger partial charge in [-0.25, -0.2) is 17.8 Å². The highest BCUT2D eigenvalue weighted by molar-refractivity contribution is 7.90. The number of hydrogen-bond acceptors (Lipinski definition) is 5. The van der Waals surface area contributed by atoms with Crippen LogP contribution in [0.2, 0.25) is 5.02 Å². The molecule has 10 heteroatoms. The van der Waals surface area contributed by atoms with Crippen LogP contribution in [0.1, 0.15) is 24.6 Å². The Balaban J connectivity index is 1.85. The molecular formula is C19H17ClF2N2O4S. The van der Waals surface area contributed by atoms with Crippen LogP contribution in [0.15, 0.2) is 35.4 Å². The van der Waals surface area contributed by atoms with Crippen LogP contribution in [0.5, 0.6) is 0 Å². The SMILES string of the molecule is CCOC(=O)CCc1cc(F)c(CS(=O)(=O)c2c[nH]c3cc(Cl)ccc23)nc1F. The Morgan fingerprint density at radius 3 is 2.76 bits per heavy atom. The number of H-pyrrole nitrogens is 1. The van der Waals surface area contributed by atoms with Crippen molar-refractivity contribution < 1.29 is 26.7 Å². The lowest BCUT2D eigenvalue weighted by atomic mass is 10.1. The number of nitrogens with zero attached hydrogens (tertiary/aromatic N) is 1. The van der Waals surface area contributed by atoms with Crippen molar-refractivity contribution in [1.82, 2.24) is 9.97 Å². The number of esters is 1. The fourth-order valence-corrected chi connectivity index (χ4v) is 4.51. The highest BCUT2D eigenvalue weighted by Crippen LogP contribution is 2.28. The first kappa shape index (κ1) is 21.2. The van der Waals surface area contributed by atoms with E-state index in [-0.39, 0.29) is 29.9 Å². The van der Waals surface area contributed by atoms with Gasteiger partial charge in [0.2, 0.25) is 5.95 Å². The molecule has 0 radical (unpaired) electrons. The summed E-state index contributed by atoms with van der Waals surface area (Å²) in [5, 5.41) is 0.817. The summed E-state index contributed by atoms with van der Waals surface area (Å²) in [6.07, 6.45) is 1.03. The minimum absolute atomic E-state index is 0.0582. The number of halogens is 3. The Morgan fingerprint density at radius 2 is 2.03 bits per heavy atom. The van der Waals surface area contributed by atoms with E-state index in [1.165, 1.54) is 18.3 Å². The zero-order valence-corrected chi connectivity index (χ0v) is 16.9. The van der Waals surface area contributed by atoms with Gasteiger partial charge >= 0.3 is 5.97 Å². The smallest absolute Gasteiger partial charge is 0.306 e. The molecule has 154 valence electrons. The number of carbonyl (C=O) groups excluding carboxylic acids is 1. The van der Waals surface area contributed by atoms with Crippen molar-refractivity contribution in [3.8, 4) is 0 Å². The van der Waals surface area contributed by atoms with Crippen LogP contribution in [0, 0.1) is 11.8 Å². The summed E-state index contributed by atoms with van der Waals surface area (Å²) in [6.45, 7) is 1.82. The number of rotatable bonds is 7. The number of aromatic nitrogens is 2. The second kappa shape index (κ2) is 8.46. The summed E-state index contributed by atoms with van der Waals surface area (Å²) in [4.78, 5) is 17.6. The van der Waals surface area contributed by atoms with Gasteiger partial charge in [-0.2, -0.15) is 4.39 Å². The first-order valence-electron chi connectivity index (χ1n) is 8.70. The highest BCUT2D eigenvalue weighted by atomic mass is 35.5. The Bertz CT molecular complexity index is 1180. The number of carbonyl (C=O) groups is 1. The average Bonchev–Trinajstić information content (AvgIpc) is 3.07. The third-order valence-electron chi connectivity index (χ3n) is 4.25. The lowest BCUT2D eigenvalue weighted by Crippen LogP contribution is -2.11. The van der Waals surface area contributed by atoms with Crippen molar-refractivity contribution >= 4 is 38.3 Å². The molecule has 0 bridgehead atoms. The maximum atomic E-state index is 14.4. The summed E-state index contributed by atoms with van der Waals surface area (Å²) in [7, 11) is -4.01. The second-order valence-corrected chi connectivity index (χ2v) is 8.67. The molecule has 0 fully saturated rings. The molecular weight excluding hydrogens is 426 g/mol. The quantitative estimate of drug-likeness (QED) is 0.442. The van der Waals surface area contributed by atoms with Crippen molar-refractivity contribution in [2.75, 3.05) is 6.61 Å². The van der Waals surface area contributed by atoms with Crippen LogP contribution in [-0.4, -0.2) is 31.0 Å². The number of pyridine rings is 1. The molecule has 2 aromatic heterocycles. The number of nitrogens with one attached hydrogen (secondary N) is 1. The third-order valence-corrected chi connectivity index (χ3v) is 6.14. The van der Waals surface area contributed by atoms with Gasteiger partial charge in [-0.05, 0) is 31.5 Å². The van der Waals surface area contributed by atoms with Crippen LogP contribution in [-0.2, 0) is 31.5 Å². The van der Waals surface area contributed by atoms with Gasteiger partial charge in [0.05, 0.1) is 17.2 Å². The molecule has 0 aliphatic rings. The molecule has 0 saturated carbocycles. The summed E-state index contributed by atoms with van der Waals surface area (Å²) in [5.41, 5.74) is -0.158. The van der Waals surface area contributed by atoms with E-state index in [4.69, 9.17) is 16.3 Å². The van der Waals surface area contributed by atoms with Crippen LogP contribution in [0.25, 0.3) is 10.9 Å². The van der Waals surface area contributed by atoms with Gasteiger partial charge in [-0.3, -0.25) is 4.79 Å². The van der Waals surface area contributed by atoms with E-state index in [0.717, 1.165) is 6.07 Å². The molecule has 0 unspecified atom stereocenters. The lowest BCUT2D eigenvalue weighted by molar-refractivity contribution is -0.143. The largest absolute Gasteiger partial charge is 0.466 e. The number of hydrogen-bond donors (Lipinski definition) is 1. The fraction of sp³-hybridized carbons (Fsp3) is 0.263. The zero-order chi connectivity index (χ0) is 21.2. The zero-order valence-electron chi connectivity index (χ0n) is 15.3. The number of fused-ring (bicyclic) bond motifs is 1. The summed E-state index contributed by atoms with van der Waals surface area (Å²) in [6, 6.07) is 5.49. The standard InChI is InChI=1S/C19H17ClF2N2O4S/c1-2-28-18(25)6-3-11-7-14(21)16(24-19(11)22)10-29(26,27)17-9-23-15-8-12(20)4-5-13(15)17/h4-5,7-9,23H,2-3,6,10H2,1H3. The van der Waals surface area contributed by atoms with Crippen molar-refractivity contribution in [2.45, 2.75) is 30.4 Å². The predicted molar refractivity (Wildman–Crippen MR) is 103 cm³/mol. The molecule has 2 heterocycles. The minimum atomic E-state index is -4.01. The van der Waals surface area contributed by atoms with Gasteiger partial charge in [0.25, 0.3) is 0 Å². The van der Waals surface area contributed by atoms with Gasteiger partial charge < -0.3 is 9.72 Å². The van der Waals surface area contributed by atoms with Crippen LogP contribution in [0.4, 0.5) is 8.78 Å². The fourth-order valence-electron chi connectivity index (χ4n) is 2.87. The Hall–Kier alpha value is -2.52. The molecule has 0 spiro atoms. The molecule has 1 aromatic carbocycles. The third kappa shape index (κ3) is 4.73. The van der Waals surface area contributed by atoms with E-state index in [0.29, 0.717) is 15.9 Å². The maximum Gasteiger partial charge on any atom is 0.306 e. The molecule has 3 aromatic rings. The molecule has 6 nitrogen and oxygen atoms in total. The van der Waals surface area contributed by atoms with Gasteiger partial charge in [0.15, 0.2) is 9.84 Å². The Morgan fingerprint density at radius 1 is 1.28 bits per heavy atom. The predicted octanol–water partition coefficient (Wildman–Crippen LogP) is 3.96. The first-order chi connectivity index (χ1) is 13.7. The molecule has 29 heavy (non-hydrogen) atoms. The summed E-state index contributed by atoms with van der Waals surface area (Å²) >= 11 is 5.89. The van der Waals surface area contributed by atoms with E-state index in [1.807, 2.05) is 0 Å². The second-order valence-electron chi connectivity index (χ2n) is 6.27. The topological polar surface area (TPSA) is 89.1 Å². The molecule has 0 amide bonds. The Labute approximate surface area is 170 Å². The van der Waals surface area contributed by atoms with Crippen molar-refractivity contribution in [2.24, 2.45) is 0 Å². The minimum Gasteiger partial charge on any atom is -0.466 e. The number of aromatic amines is 1. The van der Waals surface area contributed by atoms with Crippen LogP contribution in [0.3, 0.4) is 0 Å². The van der Waals surface area contributed by atoms with E-state index in [9.17, 15) is 22.0 Å². The van der Waals surface area contributed by atoms with Crippen LogP contribution >= 0.6 is 11.6 Å². The van der Waals surface area contributed by atoms with E-state index >= 15 is 0 Å². The molecule has 1 N–H and O–H groups in total. The first-order valence-corrected chi connectivity index (χ1v) is 10.7. The molecule has 0 aliphatic carbocycles. The van der Waals surface area contributed by atoms with Gasteiger partial charge in [-0.1, -0.05) is 17.7 Å². The monoisotopic (exact) mass is 442 g/mol. The van der Waals surface area contributed by atoms with E-state index in [1.54, 1.807) is 13.0 Å². The average molecular weight is 443 g/mol. The number of benzene rings is 1. The molecule has 0 aliphatic heterocycles. The van der Waals surface area contributed by atoms with E-state index in [2.05, 4.69) is 9.97 Å². The van der Waals surface area contributed by atoms with Gasteiger partial charge in [0.1, 0.15) is 11.6 Å². The number of ether oxygens (including phenoxy) is 1. The lowest BCUT2D eigenvalue weighted by Gasteiger charge is -2.08. The number of aryl methyl sites for hydroxylation is 1. The van der Waals surface area contributed by atoms with Crippen molar-refractivity contribution in [3.63, 3.8) is 0 Å². The highest BCUT2D eigenvalue weighted by Gasteiger charge is 2.24. The van der Waals surface area contributed by atoms with Crippen LogP contribution < -0.4 is 0 Å². The maximum absolute atomic E-state index is 14.4. The van der Waals surface area contributed by atoms with Crippen molar-refractivity contribution in [3.05, 3.63) is 58.5 Å². The van der Waals surface area contributed by atoms with Gasteiger partial charge in [-0.15, -0.1) is 0 Å². The Kier molecular flexibility index (Phi) is 6.18. The van der Waals surface area contributed by atoms with Gasteiger partial charge in [0, 0.05) is 34.1 Å². The number of sulfone groups is 1. The molecule has 0 saturated heterocycles. The summed E-state index contributed by atoms with van der Waals surface area (Å²) in [5.74, 6) is -3.34. The van der Waals surface area contributed by atoms with E-state index < -0.39 is 39.0 Å². The van der Waals surface area contributed by atoms with Crippen molar-refractivity contribution in [1.29, 1.82) is 0 Å². The molecule has 3 rings (SSSR count).